The number of anilines is 1. The lowest BCUT2D eigenvalue weighted by atomic mass is 10.1. The number of benzene rings is 1. The summed E-state index contributed by atoms with van der Waals surface area (Å²) in [5, 5.41) is 0.297. The van der Waals surface area contributed by atoms with Crippen LogP contribution in [-0.2, 0) is 0 Å². The first-order chi connectivity index (χ1) is 13.4. The zero-order valence-electron chi connectivity index (χ0n) is 14.8. The molecule has 0 N–H and O–H groups in total. The van der Waals surface area contributed by atoms with E-state index in [9.17, 15) is 18.0 Å². The molecule has 3 heterocycles. The highest BCUT2D eigenvalue weighted by molar-refractivity contribution is 5.78. The molecule has 0 bridgehead atoms. The minimum Gasteiger partial charge on any atom is -0.406 e. The molecule has 4 rings (SSSR count). The van der Waals surface area contributed by atoms with Gasteiger partial charge < -0.3 is 9.64 Å². The monoisotopic (exact) mass is 390 g/mol. The highest BCUT2D eigenvalue weighted by Gasteiger charge is 2.31. The van der Waals surface area contributed by atoms with Crippen molar-refractivity contribution in [3.05, 3.63) is 53.1 Å². The molecule has 0 amide bonds. The van der Waals surface area contributed by atoms with E-state index in [1.807, 2.05) is 0 Å². The first kappa shape index (κ1) is 18.3. The second-order valence-corrected chi connectivity index (χ2v) is 6.55. The van der Waals surface area contributed by atoms with Crippen LogP contribution in [0.3, 0.4) is 0 Å². The van der Waals surface area contributed by atoms with E-state index >= 15 is 0 Å². The Morgan fingerprint density at radius 2 is 1.86 bits per heavy atom. The van der Waals surface area contributed by atoms with E-state index in [1.54, 1.807) is 6.07 Å². The van der Waals surface area contributed by atoms with Gasteiger partial charge in [0.15, 0.2) is 0 Å². The first-order valence-electron chi connectivity index (χ1n) is 8.90. The first-order valence-corrected chi connectivity index (χ1v) is 8.90. The Balaban J connectivity index is 1.70. The number of nitrogens with zero attached hydrogens (tertiary/aromatic N) is 4. The third kappa shape index (κ3) is 3.78. The number of alkyl halides is 3. The van der Waals surface area contributed by atoms with Crippen molar-refractivity contribution in [1.29, 1.82) is 0 Å². The Morgan fingerprint density at radius 3 is 2.61 bits per heavy atom. The van der Waals surface area contributed by atoms with Gasteiger partial charge in [0, 0.05) is 31.5 Å². The van der Waals surface area contributed by atoms with E-state index in [1.165, 1.54) is 41.6 Å². The number of aromatic nitrogens is 3. The number of fused-ring (bicyclic) bond motifs is 1. The molecule has 3 aromatic rings. The van der Waals surface area contributed by atoms with Crippen LogP contribution in [0.25, 0.3) is 16.6 Å². The minimum absolute atomic E-state index is 0.258. The Kier molecular flexibility index (Phi) is 4.66. The molecular weight excluding hydrogens is 373 g/mol. The summed E-state index contributed by atoms with van der Waals surface area (Å²) in [7, 11) is 0. The largest absolute Gasteiger partial charge is 0.573 e. The molecule has 1 fully saturated rings. The molecule has 1 aliphatic rings. The maximum Gasteiger partial charge on any atom is 0.573 e. The van der Waals surface area contributed by atoms with Gasteiger partial charge in [0.2, 0.25) is 5.95 Å². The number of ether oxygens (including phenoxy) is 1. The number of hydrogen-bond donors (Lipinski definition) is 0. The molecule has 0 radical (unpaired) electrons. The van der Waals surface area contributed by atoms with Gasteiger partial charge in [-0.05, 0) is 37.5 Å². The highest BCUT2D eigenvalue weighted by atomic mass is 19.4. The van der Waals surface area contributed by atoms with Crippen LogP contribution in [0.5, 0.6) is 5.75 Å². The molecule has 28 heavy (non-hydrogen) atoms. The standard InChI is InChI=1S/C19H17F3N4O2/c20-19(21,22)28-14-6-4-5-13(11-14)26-10-7-16-15(17(26)27)12-23-18(24-16)25-8-2-1-3-9-25/h4-7,10-12H,1-3,8-9H2. The second kappa shape index (κ2) is 7.14. The molecule has 0 spiro atoms. The molecule has 1 aromatic carbocycles. The van der Waals surface area contributed by atoms with E-state index in [4.69, 9.17) is 0 Å². The summed E-state index contributed by atoms with van der Waals surface area (Å²) < 4.78 is 42.5. The molecular formula is C19H17F3N4O2. The lowest BCUT2D eigenvalue weighted by molar-refractivity contribution is -0.274. The summed E-state index contributed by atoms with van der Waals surface area (Å²) in [6, 6.07) is 6.91. The Morgan fingerprint density at radius 1 is 1.07 bits per heavy atom. The van der Waals surface area contributed by atoms with E-state index in [2.05, 4.69) is 19.6 Å². The van der Waals surface area contributed by atoms with Crippen LogP contribution >= 0.6 is 0 Å². The van der Waals surface area contributed by atoms with Gasteiger partial charge >= 0.3 is 6.36 Å². The van der Waals surface area contributed by atoms with Crippen LogP contribution < -0.4 is 15.2 Å². The van der Waals surface area contributed by atoms with Crippen molar-refractivity contribution < 1.29 is 17.9 Å². The van der Waals surface area contributed by atoms with Gasteiger partial charge in [-0.1, -0.05) is 6.07 Å². The predicted octanol–water partition coefficient (Wildman–Crippen LogP) is 3.67. The molecule has 0 saturated carbocycles. The normalized spacial score (nSPS) is 15.0. The van der Waals surface area contributed by atoms with Gasteiger partial charge in [-0.25, -0.2) is 9.97 Å². The molecule has 1 saturated heterocycles. The van der Waals surface area contributed by atoms with Gasteiger partial charge in [0.25, 0.3) is 5.56 Å². The molecule has 0 unspecified atom stereocenters. The van der Waals surface area contributed by atoms with E-state index < -0.39 is 17.7 Å². The van der Waals surface area contributed by atoms with Gasteiger partial charge in [-0.2, -0.15) is 0 Å². The van der Waals surface area contributed by atoms with Crippen LogP contribution in [0.1, 0.15) is 19.3 Å². The fourth-order valence-electron chi connectivity index (χ4n) is 3.30. The SMILES string of the molecule is O=c1c2cnc(N3CCCCC3)nc2ccn1-c1cccc(OC(F)(F)F)c1. The third-order valence-corrected chi connectivity index (χ3v) is 4.60. The number of rotatable bonds is 3. The predicted molar refractivity (Wildman–Crippen MR) is 97.9 cm³/mol. The summed E-state index contributed by atoms with van der Waals surface area (Å²) in [5.41, 5.74) is 0.347. The van der Waals surface area contributed by atoms with Crippen molar-refractivity contribution in [2.75, 3.05) is 18.0 Å². The van der Waals surface area contributed by atoms with Crippen LogP contribution in [-0.4, -0.2) is 34.0 Å². The van der Waals surface area contributed by atoms with Crippen LogP contribution in [0.15, 0.2) is 47.5 Å². The summed E-state index contributed by atoms with van der Waals surface area (Å²) in [4.78, 5) is 23.7. The lowest BCUT2D eigenvalue weighted by Gasteiger charge is -2.26. The van der Waals surface area contributed by atoms with Crippen LogP contribution in [0.4, 0.5) is 19.1 Å². The van der Waals surface area contributed by atoms with Crippen molar-refractivity contribution in [1.82, 2.24) is 14.5 Å². The van der Waals surface area contributed by atoms with Crippen LogP contribution in [0, 0.1) is 0 Å². The average Bonchev–Trinajstić information content (AvgIpc) is 2.67. The minimum atomic E-state index is -4.80. The smallest absolute Gasteiger partial charge is 0.406 e. The Hall–Kier alpha value is -3.10. The van der Waals surface area contributed by atoms with Gasteiger partial charge in [-0.15, -0.1) is 13.2 Å². The second-order valence-electron chi connectivity index (χ2n) is 6.55. The van der Waals surface area contributed by atoms with E-state index in [0.717, 1.165) is 32.0 Å². The average molecular weight is 390 g/mol. The Labute approximate surface area is 158 Å². The number of piperidine rings is 1. The maximum absolute atomic E-state index is 12.8. The highest BCUT2D eigenvalue weighted by Crippen LogP contribution is 2.24. The molecule has 9 heteroatoms. The molecule has 1 aliphatic heterocycles. The molecule has 2 aromatic heterocycles. The molecule has 146 valence electrons. The Bertz CT molecular complexity index is 1060. The summed E-state index contributed by atoms with van der Waals surface area (Å²) in [6.45, 7) is 1.77. The zero-order valence-corrected chi connectivity index (χ0v) is 14.8. The van der Waals surface area contributed by atoms with Crippen molar-refractivity contribution in [2.45, 2.75) is 25.6 Å². The fourth-order valence-corrected chi connectivity index (χ4v) is 3.30. The van der Waals surface area contributed by atoms with Crippen molar-refractivity contribution in [3.8, 4) is 11.4 Å². The number of hydrogen-bond acceptors (Lipinski definition) is 5. The summed E-state index contributed by atoms with van der Waals surface area (Å²) >= 11 is 0. The van der Waals surface area contributed by atoms with E-state index in [0.29, 0.717) is 16.9 Å². The number of halogens is 3. The number of pyridine rings is 1. The summed E-state index contributed by atoms with van der Waals surface area (Å²) in [5.74, 6) is 0.193. The van der Waals surface area contributed by atoms with Gasteiger partial charge in [-0.3, -0.25) is 9.36 Å². The van der Waals surface area contributed by atoms with E-state index in [-0.39, 0.29) is 5.69 Å². The topological polar surface area (TPSA) is 60.2 Å². The zero-order chi connectivity index (χ0) is 19.7. The summed E-state index contributed by atoms with van der Waals surface area (Å²) in [6.07, 6.45) is 1.52. The van der Waals surface area contributed by atoms with Gasteiger partial charge in [0.1, 0.15) is 5.75 Å². The molecule has 0 atom stereocenters. The quantitative estimate of drug-likeness (QED) is 0.683. The van der Waals surface area contributed by atoms with Crippen molar-refractivity contribution in [2.24, 2.45) is 0 Å². The van der Waals surface area contributed by atoms with Gasteiger partial charge in [0.05, 0.1) is 16.6 Å². The van der Waals surface area contributed by atoms with Crippen LogP contribution in [0.2, 0.25) is 0 Å². The lowest BCUT2D eigenvalue weighted by Crippen LogP contribution is -2.31. The fraction of sp³-hybridized carbons (Fsp3) is 0.316. The third-order valence-electron chi connectivity index (χ3n) is 4.60. The van der Waals surface area contributed by atoms with Crippen molar-refractivity contribution >= 4 is 16.9 Å². The maximum atomic E-state index is 12.8. The van der Waals surface area contributed by atoms with Crippen molar-refractivity contribution in [3.63, 3.8) is 0 Å². The molecule has 6 nitrogen and oxygen atoms in total. The molecule has 0 aliphatic carbocycles.